The fraction of sp³-hybridized carbons (Fsp3) is 0.167. The zero-order valence-corrected chi connectivity index (χ0v) is 25.2. The molecule has 0 saturated carbocycles. The minimum absolute atomic E-state index is 0.0806. The summed E-state index contributed by atoms with van der Waals surface area (Å²) in [7, 11) is 0. The van der Waals surface area contributed by atoms with Crippen molar-refractivity contribution in [2.24, 2.45) is 0 Å². The number of nitriles is 1. The monoisotopic (exact) mass is 587 g/mol. The molecule has 208 valence electrons. The molecule has 42 heavy (non-hydrogen) atoms. The predicted octanol–water partition coefficient (Wildman–Crippen LogP) is 9.26. The van der Waals surface area contributed by atoms with E-state index >= 15 is 0 Å². The average molecular weight is 588 g/mol. The molecule has 0 aliphatic rings. The first kappa shape index (κ1) is 27.8. The molecule has 0 atom stereocenters. The zero-order valence-electron chi connectivity index (χ0n) is 23.6. The number of hydrogen-bond donors (Lipinski definition) is 0. The SMILES string of the molecule is Cc1ccc(CCc2ccc(C)c(Cc3ccc(-n4cccn4)s3)c2)c(Cc2ccc(-c3ccc(F)c(C#N)c3)s2)c1. The van der Waals surface area contributed by atoms with E-state index in [2.05, 4.69) is 79.6 Å². The van der Waals surface area contributed by atoms with Crippen molar-refractivity contribution in [3.63, 3.8) is 0 Å². The van der Waals surface area contributed by atoms with Gasteiger partial charge >= 0.3 is 0 Å². The molecular weight excluding hydrogens is 558 g/mol. The van der Waals surface area contributed by atoms with Crippen LogP contribution in [0.5, 0.6) is 0 Å². The van der Waals surface area contributed by atoms with E-state index in [0.29, 0.717) is 0 Å². The lowest BCUT2D eigenvalue weighted by Crippen LogP contribution is -2.00. The molecule has 0 unspecified atom stereocenters. The summed E-state index contributed by atoms with van der Waals surface area (Å²) in [5.74, 6) is -0.478. The van der Waals surface area contributed by atoms with Gasteiger partial charge in [-0.1, -0.05) is 48.0 Å². The van der Waals surface area contributed by atoms with Crippen LogP contribution in [0, 0.1) is 31.0 Å². The first-order chi connectivity index (χ1) is 20.4. The molecule has 0 bridgehead atoms. The normalized spacial score (nSPS) is 11.1. The Labute approximate surface area is 254 Å². The lowest BCUT2D eigenvalue weighted by atomic mass is 9.94. The smallest absolute Gasteiger partial charge is 0.140 e. The molecule has 0 aliphatic carbocycles. The fourth-order valence-corrected chi connectivity index (χ4v) is 7.26. The van der Waals surface area contributed by atoms with Gasteiger partial charge in [0.1, 0.15) is 16.9 Å². The van der Waals surface area contributed by atoms with Crippen LogP contribution in [0.15, 0.2) is 97.3 Å². The Kier molecular flexibility index (Phi) is 8.14. The quantitative estimate of drug-likeness (QED) is 0.169. The van der Waals surface area contributed by atoms with Crippen LogP contribution in [0.2, 0.25) is 0 Å². The summed E-state index contributed by atoms with van der Waals surface area (Å²) in [5, 5.41) is 14.7. The highest BCUT2D eigenvalue weighted by Gasteiger charge is 2.12. The van der Waals surface area contributed by atoms with Crippen molar-refractivity contribution < 1.29 is 4.39 Å². The maximum Gasteiger partial charge on any atom is 0.140 e. The number of benzene rings is 3. The van der Waals surface area contributed by atoms with Crippen LogP contribution < -0.4 is 0 Å². The Bertz CT molecular complexity index is 1890. The largest absolute Gasteiger partial charge is 0.231 e. The van der Waals surface area contributed by atoms with E-state index in [1.807, 2.05) is 29.2 Å². The van der Waals surface area contributed by atoms with Crippen molar-refractivity contribution in [1.29, 1.82) is 5.26 Å². The van der Waals surface area contributed by atoms with Crippen molar-refractivity contribution in [3.8, 4) is 21.5 Å². The van der Waals surface area contributed by atoms with E-state index in [9.17, 15) is 9.65 Å². The van der Waals surface area contributed by atoms with Gasteiger partial charge in [0.25, 0.3) is 0 Å². The zero-order chi connectivity index (χ0) is 29.1. The number of nitrogens with zero attached hydrogens (tertiary/aromatic N) is 3. The van der Waals surface area contributed by atoms with Gasteiger partial charge in [-0.15, -0.1) is 22.7 Å². The topological polar surface area (TPSA) is 41.6 Å². The van der Waals surface area contributed by atoms with Crippen LogP contribution >= 0.6 is 22.7 Å². The molecule has 6 aromatic rings. The summed E-state index contributed by atoms with van der Waals surface area (Å²) in [6.45, 7) is 4.34. The second-order valence-electron chi connectivity index (χ2n) is 10.6. The van der Waals surface area contributed by atoms with Crippen molar-refractivity contribution in [1.82, 2.24) is 9.78 Å². The van der Waals surface area contributed by atoms with Crippen LogP contribution in [-0.4, -0.2) is 9.78 Å². The standard InChI is InChI=1S/C36H30FN3S2/c1-24-4-8-27(30(18-24)22-32-11-14-35(41-32)28-10-13-34(37)31(20-28)23-38)9-7-26-6-5-25(2)29(19-26)21-33-12-15-36(42-33)40-17-3-16-39-40/h3-6,8,10-20H,7,9,21-22H2,1-2H3. The van der Waals surface area contributed by atoms with Gasteiger partial charge in [0.15, 0.2) is 0 Å². The third-order valence-corrected chi connectivity index (χ3v) is 9.81. The van der Waals surface area contributed by atoms with Gasteiger partial charge in [0.05, 0.1) is 5.56 Å². The number of rotatable bonds is 9. The summed E-state index contributed by atoms with van der Waals surface area (Å²) in [4.78, 5) is 3.63. The molecule has 0 amide bonds. The van der Waals surface area contributed by atoms with Crippen LogP contribution in [0.1, 0.15) is 48.7 Å². The molecule has 3 nitrogen and oxygen atoms in total. The Morgan fingerprint density at radius 2 is 1.64 bits per heavy atom. The van der Waals surface area contributed by atoms with E-state index in [1.54, 1.807) is 34.8 Å². The molecular formula is C36H30FN3S2. The predicted molar refractivity (Wildman–Crippen MR) is 171 cm³/mol. The molecule has 3 aromatic carbocycles. The summed E-state index contributed by atoms with van der Waals surface area (Å²) < 4.78 is 15.7. The lowest BCUT2D eigenvalue weighted by Gasteiger charge is -2.12. The highest BCUT2D eigenvalue weighted by atomic mass is 32.1. The number of hydrogen-bond acceptors (Lipinski definition) is 4. The highest BCUT2D eigenvalue weighted by Crippen LogP contribution is 2.32. The summed E-state index contributed by atoms with van der Waals surface area (Å²) in [6, 6.07) is 30.9. The maximum absolute atomic E-state index is 13.8. The first-order valence-corrected chi connectivity index (χ1v) is 15.6. The molecule has 0 fully saturated rings. The average Bonchev–Trinajstić information content (AvgIpc) is 3.77. The minimum atomic E-state index is -0.478. The third-order valence-electron chi connectivity index (χ3n) is 7.60. The molecule has 3 aromatic heterocycles. The van der Waals surface area contributed by atoms with Crippen molar-refractivity contribution in [3.05, 3.63) is 152 Å². The van der Waals surface area contributed by atoms with E-state index in [1.165, 1.54) is 49.2 Å². The molecule has 0 saturated heterocycles. The van der Waals surface area contributed by atoms with E-state index in [-0.39, 0.29) is 5.56 Å². The Morgan fingerprint density at radius 1 is 0.810 bits per heavy atom. The van der Waals surface area contributed by atoms with Crippen molar-refractivity contribution >= 4 is 22.7 Å². The number of thiophene rings is 2. The molecule has 6 heteroatoms. The summed E-state index contributed by atoms with van der Waals surface area (Å²) in [5.41, 5.74) is 8.98. The minimum Gasteiger partial charge on any atom is -0.231 e. The second kappa shape index (κ2) is 12.3. The molecule has 0 radical (unpaired) electrons. The number of aryl methyl sites for hydroxylation is 4. The van der Waals surface area contributed by atoms with Crippen LogP contribution in [0.3, 0.4) is 0 Å². The highest BCUT2D eigenvalue weighted by molar-refractivity contribution is 7.15. The van der Waals surface area contributed by atoms with Gasteiger partial charge in [0, 0.05) is 39.9 Å². The third kappa shape index (κ3) is 6.28. The van der Waals surface area contributed by atoms with Crippen molar-refractivity contribution in [2.75, 3.05) is 0 Å². The number of halogens is 1. The molecule has 0 aliphatic heterocycles. The van der Waals surface area contributed by atoms with Gasteiger partial charge in [0.2, 0.25) is 0 Å². The second-order valence-corrected chi connectivity index (χ2v) is 13.0. The van der Waals surface area contributed by atoms with Crippen LogP contribution in [0.4, 0.5) is 4.39 Å². The van der Waals surface area contributed by atoms with Crippen LogP contribution in [0.25, 0.3) is 15.4 Å². The molecule has 0 spiro atoms. The van der Waals surface area contributed by atoms with Gasteiger partial charge in [-0.25, -0.2) is 9.07 Å². The maximum atomic E-state index is 13.8. The van der Waals surface area contributed by atoms with Gasteiger partial charge in [-0.05, 0) is 103 Å². The Morgan fingerprint density at radius 3 is 2.48 bits per heavy atom. The van der Waals surface area contributed by atoms with Crippen molar-refractivity contribution in [2.45, 2.75) is 39.5 Å². The van der Waals surface area contributed by atoms with Gasteiger partial charge in [-0.2, -0.15) is 10.4 Å². The van der Waals surface area contributed by atoms with Gasteiger partial charge in [-0.3, -0.25) is 0 Å². The first-order valence-electron chi connectivity index (χ1n) is 14.0. The van der Waals surface area contributed by atoms with E-state index in [0.717, 1.165) is 41.1 Å². The van der Waals surface area contributed by atoms with E-state index < -0.39 is 5.82 Å². The Balaban J connectivity index is 1.16. The van der Waals surface area contributed by atoms with Crippen LogP contribution in [-0.2, 0) is 25.7 Å². The van der Waals surface area contributed by atoms with Gasteiger partial charge < -0.3 is 0 Å². The fourth-order valence-electron chi connectivity index (χ4n) is 5.26. The molecule has 0 N–H and O–H groups in total. The lowest BCUT2D eigenvalue weighted by molar-refractivity contribution is 0.624. The van der Waals surface area contributed by atoms with E-state index in [4.69, 9.17) is 0 Å². The molecule has 6 rings (SSSR count). The Hall–Kier alpha value is -4.31. The number of aromatic nitrogens is 2. The summed E-state index contributed by atoms with van der Waals surface area (Å²) >= 11 is 3.49. The molecule has 3 heterocycles. The summed E-state index contributed by atoms with van der Waals surface area (Å²) in [6.07, 6.45) is 7.52.